The van der Waals surface area contributed by atoms with Gasteiger partial charge in [-0.05, 0) is 48.1 Å². The Morgan fingerprint density at radius 3 is 2.78 bits per heavy atom. The summed E-state index contributed by atoms with van der Waals surface area (Å²) in [7, 11) is 0. The van der Waals surface area contributed by atoms with Gasteiger partial charge < -0.3 is 25.2 Å². The maximum absolute atomic E-state index is 12.6. The van der Waals surface area contributed by atoms with E-state index in [4.69, 9.17) is 21.7 Å². The van der Waals surface area contributed by atoms with Gasteiger partial charge in [-0.3, -0.25) is 14.9 Å². The number of hydrogen-bond acceptors (Lipinski definition) is 9. The monoisotopic (exact) mass is 591 g/mol. The third kappa shape index (κ3) is 6.80. The van der Waals surface area contributed by atoms with Gasteiger partial charge in [0.2, 0.25) is 0 Å². The van der Waals surface area contributed by atoms with Crippen LogP contribution in [0.3, 0.4) is 0 Å². The molecule has 1 heterocycles. The van der Waals surface area contributed by atoms with Crippen molar-refractivity contribution in [3.63, 3.8) is 0 Å². The number of benzene rings is 2. The van der Waals surface area contributed by atoms with Crippen LogP contribution in [-0.2, 0) is 14.3 Å². The highest BCUT2D eigenvalue weighted by molar-refractivity contribution is 9.10. The molecule has 0 saturated carbocycles. The van der Waals surface area contributed by atoms with Crippen LogP contribution in [0.1, 0.15) is 31.0 Å². The Bertz CT molecular complexity index is 1310. The molecule has 12 nitrogen and oxygen atoms in total. The number of allylic oxidation sites excluding steroid dienone is 1. The molecule has 3 rings (SSSR count). The molecule has 14 heteroatoms. The number of phenols is 1. The van der Waals surface area contributed by atoms with Crippen molar-refractivity contribution in [3.05, 3.63) is 73.4 Å². The van der Waals surface area contributed by atoms with Gasteiger partial charge in [0.05, 0.1) is 33.8 Å². The molecule has 1 aliphatic rings. The fourth-order valence-electron chi connectivity index (χ4n) is 3.42. The second-order valence-electron chi connectivity index (χ2n) is 7.53. The van der Waals surface area contributed by atoms with Crippen LogP contribution in [-0.4, -0.2) is 46.4 Å². The summed E-state index contributed by atoms with van der Waals surface area (Å²) >= 11 is 8.29. The molecule has 1 amide bonds. The highest BCUT2D eigenvalue weighted by Crippen LogP contribution is 2.34. The zero-order chi connectivity index (χ0) is 27.1. The summed E-state index contributed by atoms with van der Waals surface area (Å²) in [6.45, 7) is 3.16. The Morgan fingerprint density at radius 1 is 1.35 bits per heavy atom. The van der Waals surface area contributed by atoms with Crippen molar-refractivity contribution >= 4 is 57.0 Å². The standard InChI is InChI=1S/C23H22BrN5O7S/c1-3-35-22(32)19-12(2)26-23(37)27-20(19)15-6-4-5-7-17(15)36-11-18(30)28-25-10-13-8-14(29(33)34)9-16(24)21(13)31/h4-10,20,31H,3,11H2,1-2H3,(H,28,30)(H2,26,27,37)/t20-/m1/s1. The number of carbonyl (C=O) groups is 2. The lowest BCUT2D eigenvalue weighted by Crippen LogP contribution is -2.45. The minimum atomic E-state index is -0.680. The zero-order valence-electron chi connectivity index (χ0n) is 19.6. The van der Waals surface area contributed by atoms with E-state index < -0.39 is 29.4 Å². The Hall–Kier alpha value is -4.04. The molecule has 2 aromatic rings. The SMILES string of the molecule is CCOC(=O)C1=C(C)NC(=S)N[C@@H]1c1ccccc1OCC(=O)NN=Cc1cc([N+](=O)[O-])cc(Br)c1O. The van der Waals surface area contributed by atoms with Crippen LogP contribution in [0.25, 0.3) is 0 Å². The summed E-state index contributed by atoms with van der Waals surface area (Å²) in [6, 6.07) is 8.39. The van der Waals surface area contributed by atoms with Gasteiger partial charge in [0.25, 0.3) is 11.6 Å². The second kappa shape index (κ2) is 12.3. The van der Waals surface area contributed by atoms with Crippen molar-refractivity contribution in [3.8, 4) is 11.5 Å². The molecule has 2 aromatic carbocycles. The summed E-state index contributed by atoms with van der Waals surface area (Å²) in [6.07, 6.45) is 1.07. The topological polar surface area (TPSA) is 164 Å². The number of thiocarbonyl (C=S) groups is 1. The number of nitro benzene ring substituents is 1. The number of phenolic OH excluding ortho intramolecular Hbond substituents is 1. The number of nitro groups is 1. The predicted molar refractivity (Wildman–Crippen MR) is 141 cm³/mol. The average molecular weight is 592 g/mol. The quantitative estimate of drug-likeness (QED) is 0.112. The fourth-order valence-corrected chi connectivity index (χ4v) is 4.15. The summed E-state index contributed by atoms with van der Waals surface area (Å²) in [4.78, 5) is 35.3. The molecule has 0 aromatic heterocycles. The average Bonchev–Trinajstić information content (AvgIpc) is 2.84. The van der Waals surface area contributed by atoms with E-state index in [2.05, 4.69) is 37.1 Å². The van der Waals surface area contributed by atoms with Gasteiger partial charge in [-0.25, -0.2) is 10.2 Å². The third-order valence-corrected chi connectivity index (χ3v) is 5.86. The van der Waals surface area contributed by atoms with Crippen LogP contribution in [0.15, 0.2) is 57.2 Å². The molecule has 0 fully saturated rings. The molecular weight excluding hydrogens is 570 g/mol. The molecule has 0 spiro atoms. The first-order chi connectivity index (χ1) is 17.6. The van der Waals surface area contributed by atoms with Gasteiger partial charge in [-0.15, -0.1) is 0 Å². The van der Waals surface area contributed by atoms with Crippen molar-refractivity contribution < 1.29 is 29.1 Å². The highest BCUT2D eigenvalue weighted by atomic mass is 79.9. The highest BCUT2D eigenvalue weighted by Gasteiger charge is 2.32. The molecule has 0 unspecified atom stereocenters. The number of non-ortho nitro benzene ring substituents is 1. The Labute approximate surface area is 225 Å². The van der Waals surface area contributed by atoms with Crippen LogP contribution in [0.4, 0.5) is 5.69 Å². The largest absolute Gasteiger partial charge is 0.506 e. The maximum atomic E-state index is 12.6. The minimum Gasteiger partial charge on any atom is -0.506 e. The fraction of sp³-hybridized carbons (Fsp3) is 0.217. The summed E-state index contributed by atoms with van der Waals surface area (Å²) < 4.78 is 11.0. The van der Waals surface area contributed by atoms with Crippen molar-refractivity contribution in [2.75, 3.05) is 13.2 Å². The lowest BCUT2D eigenvalue weighted by molar-refractivity contribution is -0.385. The van der Waals surface area contributed by atoms with E-state index in [-0.39, 0.29) is 28.1 Å². The summed E-state index contributed by atoms with van der Waals surface area (Å²) in [5, 5.41) is 31.1. The number of rotatable bonds is 9. The van der Waals surface area contributed by atoms with Gasteiger partial charge in [-0.1, -0.05) is 18.2 Å². The van der Waals surface area contributed by atoms with Crippen LogP contribution in [0.2, 0.25) is 0 Å². The van der Waals surface area contributed by atoms with E-state index in [1.807, 2.05) is 0 Å². The first-order valence-electron chi connectivity index (χ1n) is 10.8. The van der Waals surface area contributed by atoms with Gasteiger partial charge in [0.15, 0.2) is 11.7 Å². The summed E-state index contributed by atoms with van der Waals surface area (Å²) in [5.41, 5.74) is 3.39. The van der Waals surface area contributed by atoms with Crippen molar-refractivity contribution in [2.45, 2.75) is 19.9 Å². The number of carbonyl (C=O) groups excluding carboxylic acids is 2. The smallest absolute Gasteiger partial charge is 0.338 e. The Balaban J connectivity index is 1.73. The second-order valence-corrected chi connectivity index (χ2v) is 8.80. The number of amides is 1. The van der Waals surface area contributed by atoms with E-state index in [9.17, 15) is 24.8 Å². The minimum absolute atomic E-state index is 0.0224. The lowest BCUT2D eigenvalue weighted by Gasteiger charge is -2.30. The van der Waals surface area contributed by atoms with Gasteiger partial charge in [0, 0.05) is 29.0 Å². The number of ether oxygens (including phenoxy) is 2. The molecule has 1 aliphatic heterocycles. The molecule has 0 bridgehead atoms. The molecule has 0 saturated heterocycles. The van der Waals surface area contributed by atoms with Crippen molar-refractivity contribution in [2.24, 2.45) is 5.10 Å². The van der Waals surface area contributed by atoms with Crippen LogP contribution in [0, 0.1) is 10.1 Å². The third-order valence-electron chi connectivity index (χ3n) is 5.03. The number of hydrazone groups is 1. The van der Waals surface area contributed by atoms with Crippen LogP contribution in [0.5, 0.6) is 11.5 Å². The number of hydrogen-bond donors (Lipinski definition) is 4. The van der Waals surface area contributed by atoms with E-state index >= 15 is 0 Å². The number of aromatic hydroxyl groups is 1. The van der Waals surface area contributed by atoms with Crippen LogP contribution < -0.4 is 20.8 Å². The first kappa shape index (κ1) is 27.5. The molecule has 1 atom stereocenters. The number of halogens is 1. The van der Waals surface area contributed by atoms with Crippen molar-refractivity contribution in [1.29, 1.82) is 0 Å². The van der Waals surface area contributed by atoms with E-state index in [0.29, 0.717) is 27.7 Å². The number of para-hydroxylation sites is 1. The van der Waals surface area contributed by atoms with E-state index in [1.54, 1.807) is 38.1 Å². The number of nitrogens with zero attached hydrogens (tertiary/aromatic N) is 2. The molecule has 0 aliphatic carbocycles. The Morgan fingerprint density at radius 2 is 2.08 bits per heavy atom. The molecular formula is C23H22BrN5O7S. The normalized spacial score (nSPS) is 15.1. The van der Waals surface area contributed by atoms with Crippen molar-refractivity contribution in [1.82, 2.24) is 16.1 Å². The Kier molecular flexibility index (Phi) is 9.14. The molecule has 0 radical (unpaired) electrons. The maximum Gasteiger partial charge on any atom is 0.338 e. The number of esters is 1. The van der Waals surface area contributed by atoms with Crippen LogP contribution >= 0.6 is 28.1 Å². The predicted octanol–water partition coefficient (Wildman–Crippen LogP) is 2.95. The lowest BCUT2D eigenvalue weighted by atomic mass is 9.95. The first-order valence-corrected chi connectivity index (χ1v) is 12.0. The molecule has 37 heavy (non-hydrogen) atoms. The van der Waals surface area contributed by atoms with E-state index in [1.165, 1.54) is 0 Å². The summed E-state index contributed by atoms with van der Waals surface area (Å²) in [5.74, 6) is -1.12. The van der Waals surface area contributed by atoms with Gasteiger partial charge in [0.1, 0.15) is 11.5 Å². The molecule has 4 N–H and O–H groups in total. The van der Waals surface area contributed by atoms with E-state index in [0.717, 1.165) is 18.3 Å². The van der Waals surface area contributed by atoms with Gasteiger partial charge in [-0.2, -0.15) is 5.10 Å². The van der Waals surface area contributed by atoms with Gasteiger partial charge >= 0.3 is 5.97 Å². The number of nitrogens with one attached hydrogen (secondary N) is 3. The molecule has 194 valence electrons. The zero-order valence-corrected chi connectivity index (χ0v) is 22.0.